The van der Waals surface area contributed by atoms with Crippen LogP contribution in [0.2, 0.25) is 0 Å². The fraction of sp³-hybridized carbons (Fsp3) is 0.600. The number of nitrogens with two attached hydrogens (primary N) is 1. The van der Waals surface area contributed by atoms with Crippen LogP contribution in [0.3, 0.4) is 0 Å². The summed E-state index contributed by atoms with van der Waals surface area (Å²) in [5.41, 5.74) is 5.63. The van der Waals surface area contributed by atoms with Crippen LogP contribution in [0.25, 0.3) is 0 Å². The number of alkyl halides is 3. The molecule has 1 fully saturated rings. The van der Waals surface area contributed by atoms with Crippen LogP contribution < -0.4 is 10.6 Å². The predicted molar refractivity (Wildman–Crippen MR) is 78.4 cm³/mol. The summed E-state index contributed by atoms with van der Waals surface area (Å²) in [6.45, 7) is 6.02. The lowest BCUT2D eigenvalue weighted by Gasteiger charge is -2.39. The van der Waals surface area contributed by atoms with Crippen molar-refractivity contribution in [3.8, 4) is 0 Å². The van der Waals surface area contributed by atoms with Crippen LogP contribution in [-0.4, -0.2) is 43.7 Å². The maximum absolute atomic E-state index is 12.7. The van der Waals surface area contributed by atoms with Crippen LogP contribution in [0.4, 0.5) is 18.9 Å². The lowest BCUT2D eigenvalue weighted by atomic mass is 10.1. The molecule has 1 aliphatic rings. The molecule has 118 valence electrons. The Balaban J connectivity index is 1.99. The van der Waals surface area contributed by atoms with E-state index in [1.165, 1.54) is 12.1 Å². The molecule has 1 atom stereocenters. The second kappa shape index (κ2) is 6.66. The maximum Gasteiger partial charge on any atom is 0.416 e. The molecular weight excluding hydrogens is 279 g/mol. The summed E-state index contributed by atoms with van der Waals surface area (Å²) in [6.07, 6.45) is -3.34. The fourth-order valence-electron chi connectivity index (χ4n) is 2.72. The topological polar surface area (TPSA) is 32.5 Å². The normalized spacial score (nSPS) is 18.8. The van der Waals surface area contributed by atoms with E-state index >= 15 is 0 Å². The number of benzene rings is 1. The highest BCUT2D eigenvalue weighted by Crippen LogP contribution is 2.31. The van der Waals surface area contributed by atoms with Crippen LogP contribution in [0.15, 0.2) is 24.3 Å². The first kappa shape index (κ1) is 16.1. The van der Waals surface area contributed by atoms with Crippen molar-refractivity contribution in [1.29, 1.82) is 0 Å². The first-order valence-electron chi connectivity index (χ1n) is 7.28. The molecule has 0 amide bonds. The maximum atomic E-state index is 12.7. The van der Waals surface area contributed by atoms with E-state index < -0.39 is 11.7 Å². The molecule has 0 saturated carbocycles. The summed E-state index contributed by atoms with van der Waals surface area (Å²) in [5, 5.41) is 0. The third-order valence-corrected chi connectivity index (χ3v) is 4.06. The molecule has 1 aromatic carbocycles. The number of nitrogens with zero attached hydrogens (tertiary/aromatic N) is 2. The molecule has 6 heteroatoms. The summed E-state index contributed by atoms with van der Waals surface area (Å²) >= 11 is 0. The van der Waals surface area contributed by atoms with Crippen molar-refractivity contribution in [2.75, 3.05) is 37.6 Å². The first-order valence-corrected chi connectivity index (χ1v) is 7.28. The van der Waals surface area contributed by atoms with Gasteiger partial charge in [-0.05, 0) is 38.1 Å². The summed E-state index contributed by atoms with van der Waals surface area (Å²) in [7, 11) is 0. The van der Waals surface area contributed by atoms with Gasteiger partial charge in [-0.25, -0.2) is 0 Å². The number of hydrogen-bond acceptors (Lipinski definition) is 3. The van der Waals surface area contributed by atoms with Gasteiger partial charge in [0.1, 0.15) is 0 Å². The standard InChI is InChI=1S/C15H22F3N3/c1-12(5-6-19)20-7-9-21(10-8-20)14-4-2-3-13(11-14)15(16,17)18/h2-4,11-12H,5-10,19H2,1H3. The average Bonchev–Trinajstić information content (AvgIpc) is 2.47. The van der Waals surface area contributed by atoms with E-state index in [2.05, 4.69) is 11.8 Å². The molecule has 0 bridgehead atoms. The third-order valence-electron chi connectivity index (χ3n) is 4.06. The molecule has 0 spiro atoms. The summed E-state index contributed by atoms with van der Waals surface area (Å²) < 4.78 is 38.2. The Hall–Kier alpha value is -1.27. The Kier molecular flexibility index (Phi) is 5.11. The summed E-state index contributed by atoms with van der Waals surface area (Å²) in [5.74, 6) is 0. The molecule has 0 aromatic heterocycles. The Labute approximate surface area is 123 Å². The van der Waals surface area contributed by atoms with Crippen molar-refractivity contribution in [3.05, 3.63) is 29.8 Å². The van der Waals surface area contributed by atoms with Crippen molar-refractivity contribution in [3.63, 3.8) is 0 Å². The van der Waals surface area contributed by atoms with E-state index in [0.29, 0.717) is 18.3 Å². The SMILES string of the molecule is CC(CCN)N1CCN(c2cccc(C(F)(F)F)c2)CC1. The molecule has 1 aromatic rings. The lowest BCUT2D eigenvalue weighted by Crippen LogP contribution is -2.50. The van der Waals surface area contributed by atoms with Crippen molar-refractivity contribution < 1.29 is 13.2 Å². The Bertz CT molecular complexity index is 454. The van der Waals surface area contributed by atoms with E-state index in [-0.39, 0.29) is 0 Å². The Morgan fingerprint density at radius 2 is 1.86 bits per heavy atom. The highest BCUT2D eigenvalue weighted by Gasteiger charge is 2.31. The monoisotopic (exact) mass is 301 g/mol. The quantitative estimate of drug-likeness (QED) is 0.928. The van der Waals surface area contributed by atoms with Gasteiger partial charge in [-0.3, -0.25) is 4.90 Å². The second-order valence-corrected chi connectivity index (χ2v) is 5.50. The van der Waals surface area contributed by atoms with E-state index in [1.807, 2.05) is 4.90 Å². The second-order valence-electron chi connectivity index (χ2n) is 5.50. The molecule has 1 heterocycles. The minimum absolute atomic E-state index is 0.429. The van der Waals surface area contributed by atoms with Crippen molar-refractivity contribution in [2.45, 2.75) is 25.6 Å². The van der Waals surface area contributed by atoms with Gasteiger partial charge < -0.3 is 10.6 Å². The number of halogens is 3. The largest absolute Gasteiger partial charge is 0.416 e. The number of rotatable bonds is 4. The highest BCUT2D eigenvalue weighted by atomic mass is 19.4. The van der Waals surface area contributed by atoms with Crippen molar-refractivity contribution >= 4 is 5.69 Å². The number of anilines is 1. The molecule has 1 aliphatic heterocycles. The predicted octanol–water partition coefficient (Wildman–Crippen LogP) is 2.56. The Morgan fingerprint density at radius 1 is 1.19 bits per heavy atom. The molecule has 1 saturated heterocycles. The zero-order chi connectivity index (χ0) is 15.5. The molecule has 2 rings (SSSR count). The van der Waals surface area contributed by atoms with Crippen LogP contribution in [-0.2, 0) is 6.18 Å². The van der Waals surface area contributed by atoms with Crippen molar-refractivity contribution in [1.82, 2.24) is 4.90 Å². The molecule has 3 nitrogen and oxygen atoms in total. The molecular formula is C15H22F3N3. The zero-order valence-corrected chi connectivity index (χ0v) is 12.2. The zero-order valence-electron chi connectivity index (χ0n) is 12.2. The third kappa shape index (κ3) is 4.11. The minimum Gasteiger partial charge on any atom is -0.369 e. The van der Waals surface area contributed by atoms with Gasteiger partial charge in [-0.2, -0.15) is 13.2 Å². The number of hydrogen-bond donors (Lipinski definition) is 1. The van der Waals surface area contributed by atoms with Crippen molar-refractivity contribution in [2.24, 2.45) is 5.73 Å². The fourth-order valence-corrected chi connectivity index (χ4v) is 2.72. The van der Waals surface area contributed by atoms with Crippen LogP contribution in [0.1, 0.15) is 18.9 Å². The molecule has 0 radical (unpaired) electrons. The van der Waals surface area contributed by atoms with Gasteiger partial charge in [0.15, 0.2) is 0 Å². The molecule has 2 N–H and O–H groups in total. The first-order chi connectivity index (χ1) is 9.91. The summed E-state index contributed by atoms with van der Waals surface area (Å²) in [4.78, 5) is 4.36. The van der Waals surface area contributed by atoms with Gasteiger partial charge in [0, 0.05) is 37.9 Å². The van der Waals surface area contributed by atoms with E-state index in [1.54, 1.807) is 6.07 Å². The molecule has 21 heavy (non-hydrogen) atoms. The lowest BCUT2D eigenvalue weighted by molar-refractivity contribution is -0.137. The van der Waals surface area contributed by atoms with Crippen LogP contribution in [0, 0.1) is 0 Å². The molecule has 0 aliphatic carbocycles. The van der Waals surface area contributed by atoms with Gasteiger partial charge in [-0.1, -0.05) is 6.07 Å². The van der Waals surface area contributed by atoms with Gasteiger partial charge in [0.05, 0.1) is 5.56 Å². The minimum atomic E-state index is -4.28. The van der Waals surface area contributed by atoms with Crippen LogP contribution >= 0.6 is 0 Å². The smallest absolute Gasteiger partial charge is 0.369 e. The van der Waals surface area contributed by atoms with Gasteiger partial charge in [0.25, 0.3) is 0 Å². The molecule has 1 unspecified atom stereocenters. The Morgan fingerprint density at radius 3 is 2.43 bits per heavy atom. The van der Waals surface area contributed by atoms with Gasteiger partial charge in [-0.15, -0.1) is 0 Å². The number of piperazine rings is 1. The van der Waals surface area contributed by atoms with E-state index in [9.17, 15) is 13.2 Å². The van der Waals surface area contributed by atoms with E-state index in [0.717, 1.165) is 38.7 Å². The summed E-state index contributed by atoms with van der Waals surface area (Å²) in [6, 6.07) is 6.00. The van der Waals surface area contributed by atoms with Gasteiger partial charge in [0.2, 0.25) is 0 Å². The highest BCUT2D eigenvalue weighted by molar-refractivity contribution is 5.49. The van der Waals surface area contributed by atoms with E-state index in [4.69, 9.17) is 5.73 Å². The van der Waals surface area contributed by atoms with Crippen LogP contribution in [0.5, 0.6) is 0 Å². The average molecular weight is 301 g/mol. The van der Waals surface area contributed by atoms with Gasteiger partial charge >= 0.3 is 6.18 Å².